The molecule has 0 bridgehead atoms. The maximum atomic E-state index is 14.6. The Morgan fingerprint density at radius 1 is 1.38 bits per heavy atom. The van der Waals surface area contributed by atoms with Crippen LogP contribution in [-0.4, -0.2) is 47.7 Å². The number of carbonyl (C=O) groups is 1. The number of rotatable bonds is 3. The van der Waals surface area contributed by atoms with E-state index in [1.807, 2.05) is 0 Å². The summed E-state index contributed by atoms with van der Waals surface area (Å²) >= 11 is 0. The van der Waals surface area contributed by atoms with Gasteiger partial charge in [-0.15, -0.1) is 0 Å². The fourth-order valence-electron chi connectivity index (χ4n) is 3.54. The van der Waals surface area contributed by atoms with Gasteiger partial charge in [-0.1, -0.05) is 11.8 Å². The van der Waals surface area contributed by atoms with Crippen molar-refractivity contribution in [3.8, 4) is 34.7 Å². The largest absolute Gasteiger partial charge is 0.504 e. The van der Waals surface area contributed by atoms with E-state index < -0.39 is 17.3 Å². The number of aromatic nitrogens is 4. The molecule has 1 aliphatic rings. The number of fused-ring (bicyclic) bond motifs is 3. The average Bonchev–Trinajstić information content (AvgIpc) is 3.16. The van der Waals surface area contributed by atoms with Crippen molar-refractivity contribution in [2.24, 2.45) is 12.8 Å². The second-order valence-corrected chi connectivity index (χ2v) is 8.01. The van der Waals surface area contributed by atoms with E-state index in [9.17, 15) is 19.4 Å². The number of aliphatic hydroxyl groups is 1. The first-order valence-corrected chi connectivity index (χ1v) is 9.86. The smallest absolute Gasteiger partial charge is 0.269 e. The predicted molar refractivity (Wildman–Crippen MR) is 112 cm³/mol. The number of amides is 1. The molecule has 0 spiro atoms. The summed E-state index contributed by atoms with van der Waals surface area (Å²) in [6.45, 7) is 3.52. The van der Waals surface area contributed by atoms with Crippen molar-refractivity contribution in [1.29, 1.82) is 0 Å². The molecule has 0 aliphatic carbocycles. The molecule has 4 rings (SSSR count). The van der Waals surface area contributed by atoms with Gasteiger partial charge < -0.3 is 25.3 Å². The second kappa shape index (κ2) is 7.69. The van der Waals surface area contributed by atoms with Crippen molar-refractivity contribution in [3.63, 3.8) is 0 Å². The van der Waals surface area contributed by atoms with Gasteiger partial charge in [0.25, 0.3) is 5.91 Å². The Hall–Kier alpha value is -3.84. The standard InChI is InChI=1S/C22H22FN5O4/c1-22(2,31)5-4-12-8-13-18(9-14(12)23)32-7-6-28-16(19(20(24)30)26-21(13)28)10-15-17(29)11-25-27(15)3/h8-9,11,29,31H,6-7,10H2,1-3H3,(H2,24,30). The molecule has 3 heterocycles. The van der Waals surface area contributed by atoms with E-state index >= 15 is 0 Å². The summed E-state index contributed by atoms with van der Waals surface area (Å²) in [5.74, 6) is 4.51. The number of benzene rings is 1. The molecule has 3 aromatic rings. The molecule has 1 aromatic carbocycles. The van der Waals surface area contributed by atoms with Crippen LogP contribution >= 0.6 is 0 Å². The Bertz CT molecular complexity index is 1270. The van der Waals surface area contributed by atoms with E-state index in [2.05, 4.69) is 21.9 Å². The van der Waals surface area contributed by atoms with Crippen molar-refractivity contribution < 1.29 is 24.1 Å². The summed E-state index contributed by atoms with van der Waals surface area (Å²) in [7, 11) is 1.67. The minimum atomic E-state index is -1.30. The minimum Gasteiger partial charge on any atom is -0.504 e. The lowest BCUT2D eigenvalue weighted by atomic mass is 10.1. The van der Waals surface area contributed by atoms with E-state index in [0.29, 0.717) is 29.3 Å². The molecule has 1 amide bonds. The molecule has 0 fully saturated rings. The van der Waals surface area contributed by atoms with Gasteiger partial charge in [-0.05, 0) is 19.9 Å². The van der Waals surface area contributed by atoms with Crippen molar-refractivity contribution in [2.45, 2.75) is 32.4 Å². The molecule has 0 saturated carbocycles. The third kappa shape index (κ3) is 3.90. The van der Waals surface area contributed by atoms with Crippen LogP contribution in [0.3, 0.4) is 0 Å². The lowest BCUT2D eigenvalue weighted by Gasteiger charge is -2.10. The molecule has 166 valence electrons. The topological polar surface area (TPSA) is 128 Å². The normalized spacial score (nSPS) is 12.8. The molecule has 9 nitrogen and oxygen atoms in total. The summed E-state index contributed by atoms with van der Waals surface area (Å²) in [5, 5.41) is 24.0. The maximum Gasteiger partial charge on any atom is 0.269 e. The zero-order valence-corrected chi connectivity index (χ0v) is 17.8. The highest BCUT2D eigenvalue weighted by atomic mass is 19.1. The van der Waals surface area contributed by atoms with Gasteiger partial charge in [0.15, 0.2) is 5.75 Å². The Kier molecular flexibility index (Phi) is 5.14. The monoisotopic (exact) mass is 439 g/mol. The highest BCUT2D eigenvalue weighted by molar-refractivity contribution is 5.93. The number of aromatic hydroxyl groups is 1. The Balaban J connectivity index is 1.90. The average molecular weight is 439 g/mol. The number of halogens is 1. The highest BCUT2D eigenvalue weighted by Gasteiger charge is 2.28. The first kappa shape index (κ1) is 21.4. The SMILES string of the molecule is Cn1ncc(O)c1Cc1c(C(N)=O)nc2n1CCOc1cc(F)c(C#CC(C)(C)O)cc1-2. The number of carbonyl (C=O) groups excluding carboxylic acids is 1. The molecule has 1 aliphatic heterocycles. The molecule has 0 radical (unpaired) electrons. The molecule has 0 saturated heterocycles. The Labute approximate surface area is 183 Å². The number of nitrogens with two attached hydrogens (primary N) is 1. The Morgan fingerprint density at radius 2 is 2.12 bits per heavy atom. The van der Waals surface area contributed by atoms with Crippen LogP contribution in [0, 0.1) is 17.7 Å². The number of aryl methyl sites for hydroxylation is 1. The summed E-state index contributed by atoms with van der Waals surface area (Å²) in [6.07, 6.45) is 1.46. The first-order valence-electron chi connectivity index (χ1n) is 9.86. The van der Waals surface area contributed by atoms with Gasteiger partial charge in [-0.25, -0.2) is 9.37 Å². The number of ether oxygens (including phenoxy) is 1. The Morgan fingerprint density at radius 3 is 2.75 bits per heavy atom. The van der Waals surface area contributed by atoms with Gasteiger partial charge >= 0.3 is 0 Å². The third-order valence-corrected chi connectivity index (χ3v) is 5.07. The predicted octanol–water partition coefficient (Wildman–Crippen LogP) is 1.33. The lowest BCUT2D eigenvalue weighted by molar-refractivity contribution is 0.0994. The quantitative estimate of drug-likeness (QED) is 0.528. The number of hydrogen-bond acceptors (Lipinski definition) is 6. The van der Waals surface area contributed by atoms with E-state index in [-0.39, 0.29) is 35.8 Å². The van der Waals surface area contributed by atoms with Crippen LogP contribution in [0.4, 0.5) is 4.39 Å². The van der Waals surface area contributed by atoms with Gasteiger partial charge in [0.1, 0.15) is 35.3 Å². The van der Waals surface area contributed by atoms with E-state index in [4.69, 9.17) is 10.5 Å². The van der Waals surface area contributed by atoms with E-state index in [0.717, 1.165) is 0 Å². The van der Waals surface area contributed by atoms with Gasteiger partial charge in [0, 0.05) is 19.5 Å². The molecule has 2 aromatic heterocycles. The molecule has 0 unspecified atom stereocenters. The molecule has 4 N–H and O–H groups in total. The van der Waals surface area contributed by atoms with Crippen molar-refractivity contribution in [2.75, 3.05) is 6.61 Å². The number of primary amides is 1. The summed E-state index contributed by atoms with van der Waals surface area (Å²) < 4.78 is 23.6. The van der Waals surface area contributed by atoms with Crippen LogP contribution in [0.15, 0.2) is 18.3 Å². The number of hydrogen-bond donors (Lipinski definition) is 3. The van der Waals surface area contributed by atoms with Crippen LogP contribution < -0.4 is 10.5 Å². The van der Waals surface area contributed by atoms with E-state index in [1.165, 1.54) is 36.9 Å². The second-order valence-electron chi connectivity index (χ2n) is 8.01. The van der Waals surface area contributed by atoms with Crippen LogP contribution in [-0.2, 0) is 20.0 Å². The summed E-state index contributed by atoms with van der Waals surface area (Å²) in [4.78, 5) is 16.6. The number of nitrogens with zero attached hydrogens (tertiary/aromatic N) is 4. The molecular weight excluding hydrogens is 417 g/mol. The van der Waals surface area contributed by atoms with Crippen LogP contribution in [0.1, 0.15) is 41.3 Å². The summed E-state index contributed by atoms with van der Waals surface area (Å²) in [6, 6.07) is 2.69. The lowest BCUT2D eigenvalue weighted by Crippen LogP contribution is -2.17. The van der Waals surface area contributed by atoms with E-state index in [1.54, 1.807) is 11.6 Å². The van der Waals surface area contributed by atoms with Gasteiger partial charge in [-0.3, -0.25) is 9.48 Å². The fourth-order valence-corrected chi connectivity index (χ4v) is 3.54. The van der Waals surface area contributed by atoms with Crippen molar-refractivity contribution in [3.05, 3.63) is 46.8 Å². The molecule has 32 heavy (non-hydrogen) atoms. The highest BCUT2D eigenvalue weighted by Crippen LogP contribution is 2.36. The van der Waals surface area contributed by atoms with Crippen LogP contribution in [0.5, 0.6) is 11.5 Å². The molecule has 10 heteroatoms. The van der Waals surface area contributed by atoms with Gasteiger partial charge in [-0.2, -0.15) is 5.10 Å². The van der Waals surface area contributed by atoms with Crippen molar-refractivity contribution in [1.82, 2.24) is 19.3 Å². The number of imidazole rings is 1. The van der Waals surface area contributed by atoms with Crippen LogP contribution in [0.25, 0.3) is 11.4 Å². The summed E-state index contributed by atoms with van der Waals surface area (Å²) in [5.41, 5.74) is 5.80. The van der Waals surface area contributed by atoms with Gasteiger partial charge in [0.2, 0.25) is 0 Å². The fraction of sp³-hybridized carbons (Fsp3) is 0.318. The third-order valence-electron chi connectivity index (χ3n) is 5.07. The maximum absolute atomic E-state index is 14.6. The van der Waals surface area contributed by atoms with Crippen LogP contribution in [0.2, 0.25) is 0 Å². The molecular formula is C22H22FN5O4. The van der Waals surface area contributed by atoms with Crippen molar-refractivity contribution >= 4 is 5.91 Å². The zero-order chi connectivity index (χ0) is 23.2. The van der Waals surface area contributed by atoms with Gasteiger partial charge in [0.05, 0.1) is 35.3 Å². The molecule has 0 atom stereocenters. The minimum absolute atomic E-state index is 0.0185. The first-order chi connectivity index (χ1) is 15.0. The zero-order valence-electron chi connectivity index (χ0n) is 17.8.